The van der Waals surface area contributed by atoms with Gasteiger partial charge in [-0.2, -0.15) is 0 Å². The molecule has 0 aliphatic carbocycles. The number of carboxylic acid groups (broad SMARTS) is 1. The van der Waals surface area contributed by atoms with Gasteiger partial charge in [-0.05, 0) is 18.2 Å². The van der Waals surface area contributed by atoms with E-state index in [0.29, 0.717) is 0 Å². The van der Waals surface area contributed by atoms with Gasteiger partial charge in [-0.1, -0.05) is 12.1 Å². The van der Waals surface area contributed by atoms with Crippen molar-refractivity contribution in [2.45, 2.75) is 0 Å². The van der Waals surface area contributed by atoms with Crippen LogP contribution in [0.1, 0.15) is 10.4 Å². The van der Waals surface area contributed by atoms with Crippen LogP contribution < -0.4 is 0 Å². The van der Waals surface area contributed by atoms with Crippen LogP contribution in [0.3, 0.4) is 0 Å². The highest BCUT2D eigenvalue weighted by Crippen LogP contribution is 2.29. The van der Waals surface area contributed by atoms with Crippen molar-refractivity contribution in [1.82, 2.24) is 4.98 Å². The molecule has 5 heteroatoms. The van der Waals surface area contributed by atoms with E-state index in [1.165, 1.54) is 11.3 Å². The highest BCUT2D eigenvalue weighted by Gasteiger charge is 2.09. The lowest BCUT2D eigenvalue weighted by Gasteiger charge is -1.98. The number of carbonyl (C=O) groups is 1. The van der Waals surface area contributed by atoms with E-state index in [0.717, 1.165) is 21.8 Å². The van der Waals surface area contributed by atoms with Gasteiger partial charge in [0.15, 0.2) is 0 Å². The van der Waals surface area contributed by atoms with E-state index >= 15 is 0 Å². The summed E-state index contributed by atoms with van der Waals surface area (Å²) >= 11 is 1.50. The fourth-order valence-electron chi connectivity index (χ4n) is 1.74. The summed E-state index contributed by atoms with van der Waals surface area (Å²) in [5, 5.41) is 11.7. The molecule has 0 saturated carbocycles. The van der Waals surface area contributed by atoms with E-state index in [2.05, 4.69) is 4.98 Å². The Balaban J connectivity index is 1.99. The smallest absolute Gasteiger partial charge is 0.335 e. The molecule has 0 fully saturated rings. The van der Waals surface area contributed by atoms with Crippen LogP contribution in [0.15, 0.2) is 52.7 Å². The van der Waals surface area contributed by atoms with E-state index in [9.17, 15) is 4.79 Å². The molecule has 0 unspecified atom stereocenters. The van der Waals surface area contributed by atoms with Gasteiger partial charge in [-0.15, -0.1) is 11.3 Å². The SMILES string of the molecule is O=C(O)c1cccc(-c2csc(-c3ccoc3)n2)c1. The number of thiazole rings is 1. The number of aromatic carboxylic acids is 1. The molecule has 1 N–H and O–H groups in total. The van der Waals surface area contributed by atoms with E-state index < -0.39 is 5.97 Å². The summed E-state index contributed by atoms with van der Waals surface area (Å²) in [5.41, 5.74) is 2.75. The second-order valence-electron chi connectivity index (χ2n) is 3.94. The van der Waals surface area contributed by atoms with Crippen molar-refractivity contribution < 1.29 is 14.3 Å². The molecule has 2 aromatic heterocycles. The summed E-state index contributed by atoms with van der Waals surface area (Å²) in [5.74, 6) is -0.938. The molecule has 0 saturated heterocycles. The Morgan fingerprint density at radius 3 is 2.89 bits per heavy atom. The molecule has 4 nitrogen and oxygen atoms in total. The van der Waals surface area contributed by atoms with Crippen LogP contribution in [0.5, 0.6) is 0 Å². The predicted octanol–water partition coefficient (Wildman–Crippen LogP) is 3.77. The average Bonchev–Trinajstić information content (AvgIpc) is 3.09. The van der Waals surface area contributed by atoms with Crippen molar-refractivity contribution in [3.63, 3.8) is 0 Å². The molecule has 3 rings (SSSR count). The average molecular weight is 271 g/mol. The molecule has 2 heterocycles. The molecule has 0 aliphatic rings. The summed E-state index contributed by atoms with van der Waals surface area (Å²) in [4.78, 5) is 15.4. The third kappa shape index (κ3) is 2.28. The number of rotatable bonds is 3. The Kier molecular flexibility index (Phi) is 2.89. The Morgan fingerprint density at radius 1 is 1.26 bits per heavy atom. The van der Waals surface area contributed by atoms with E-state index in [1.807, 2.05) is 17.5 Å². The Hall–Kier alpha value is -2.40. The Morgan fingerprint density at radius 2 is 2.16 bits per heavy atom. The first-order valence-electron chi connectivity index (χ1n) is 5.56. The largest absolute Gasteiger partial charge is 0.478 e. The van der Waals surface area contributed by atoms with Crippen LogP contribution in [0.2, 0.25) is 0 Å². The van der Waals surface area contributed by atoms with Crippen molar-refractivity contribution in [2.24, 2.45) is 0 Å². The first-order chi connectivity index (χ1) is 9.24. The molecule has 19 heavy (non-hydrogen) atoms. The third-order valence-electron chi connectivity index (χ3n) is 2.68. The molecule has 3 aromatic rings. The number of aromatic nitrogens is 1. The molecule has 1 aromatic carbocycles. The maximum Gasteiger partial charge on any atom is 0.335 e. The molecular formula is C14H9NO3S. The zero-order chi connectivity index (χ0) is 13.2. The van der Waals surface area contributed by atoms with Gasteiger partial charge in [-0.25, -0.2) is 9.78 Å². The van der Waals surface area contributed by atoms with E-state index in [-0.39, 0.29) is 5.56 Å². The number of hydrogen-bond acceptors (Lipinski definition) is 4. The summed E-state index contributed by atoms with van der Waals surface area (Å²) in [7, 11) is 0. The maximum absolute atomic E-state index is 10.9. The lowest BCUT2D eigenvalue weighted by Crippen LogP contribution is -1.95. The third-order valence-corrected chi connectivity index (χ3v) is 3.57. The molecule has 0 bridgehead atoms. The summed E-state index contributed by atoms with van der Waals surface area (Å²) in [6.07, 6.45) is 3.23. The second-order valence-corrected chi connectivity index (χ2v) is 4.79. The van der Waals surface area contributed by atoms with Crippen LogP contribution in [-0.4, -0.2) is 16.1 Å². The first kappa shape index (κ1) is 11.7. The molecule has 94 valence electrons. The fourth-order valence-corrected chi connectivity index (χ4v) is 2.55. The summed E-state index contributed by atoms with van der Waals surface area (Å²) in [6.45, 7) is 0. The van der Waals surface area contributed by atoms with Gasteiger partial charge in [0.1, 0.15) is 11.3 Å². The van der Waals surface area contributed by atoms with Gasteiger partial charge in [0.2, 0.25) is 0 Å². The van der Waals surface area contributed by atoms with E-state index in [1.54, 1.807) is 30.7 Å². The number of furan rings is 1. The lowest BCUT2D eigenvalue weighted by atomic mass is 10.1. The molecule has 0 atom stereocenters. The fraction of sp³-hybridized carbons (Fsp3) is 0. The zero-order valence-corrected chi connectivity index (χ0v) is 10.6. The van der Waals surface area contributed by atoms with Gasteiger partial charge in [0.25, 0.3) is 0 Å². The van der Waals surface area contributed by atoms with Gasteiger partial charge in [-0.3, -0.25) is 0 Å². The Labute approximate surface area is 113 Å². The number of carboxylic acids is 1. The highest BCUT2D eigenvalue weighted by molar-refractivity contribution is 7.13. The maximum atomic E-state index is 10.9. The van der Waals surface area contributed by atoms with E-state index in [4.69, 9.17) is 9.52 Å². The van der Waals surface area contributed by atoms with Crippen LogP contribution in [0.4, 0.5) is 0 Å². The summed E-state index contributed by atoms with van der Waals surface area (Å²) in [6, 6.07) is 8.60. The molecular weight excluding hydrogens is 262 g/mol. The van der Waals surface area contributed by atoms with Crippen molar-refractivity contribution in [1.29, 1.82) is 0 Å². The van der Waals surface area contributed by atoms with Crippen molar-refractivity contribution >= 4 is 17.3 Å². The lowest BCUT2D eigenvalue weighted by molar-refractivity contribution is 0.0697. The van der Waals surface area contributed by atoms with Crippen molar-refractivity contribution in [3.05, 3.63) is 53.8 Å². The van der Waals surface area contributed by atoms with Crippen LogP contribution in [-0.2, 0) is 0 Å². The second kappa shape index (κ2) is 4.70. The number of hydrogen-bond donors (Lipinski definition) is 1. The van der Waals surface area contributed by atoms with Gasteiger partial charge in [0.05, 0.1) is 17.5 Å². The van der Waals surface area contributed by atoms with Crippen LogP contribution in [0, 0.1) is 0 Å². The normalized spacial score (nSPS) is 10.5. The molecule has 0 amide bonds. The minimum atomic E-state index is -0.938. The minimum absolute atomic E-state index is 0.260. The first-order valence-corrected chi connectivity index (χ1v) is 6.44. The molecule has 0 aliphatic heterocycles. The monoisotopic (exact) mass is 271 g/mol. The number of nitrogens with zero attached hydrogens (tertiary/aromatic N) is 1. The topological polar surface area (TPSA) is 63.3 Å². The van der Waals surface area contributed by atoms with Gasteiger partial charge >= 0.3 is 5.97 Å². The predicted molar refractivity (Wildman–Crippen MR) is 72.2 cm³/mol. The number of benzene rings is 1. The van der Waals surface area contributed by atoms with Gasteiger partial charge < -0.3 is 9.52 Å². The summed E-state index contributed by atoms with van der Waals surface area (Å²) < 4.78 is 5.02. The van der Waals surface area contributed by atoms with Crippen molar-refractivity contribution in [3.8, 4) is 21.8 Å². The standard InChI is InChI=1S/C14H9NO3S/c16-14(17)10-3-1-2-9(6-10)12-8-19-13(15-12)11-4-5-18-7-11/h1-8H,(H,16,17). The van der Waals surface area contributed by atoms with Gasteiger partial charge in [0, 0.05) is 16.5 Å². The van der Waals surface area contributed by atoms with Crippen molar-refractivity contribution in [2.75, 3.05) is 0 Å². The quantitative estimate of drug-likeness (QED) is 0.787. The minimum Gasteiger partial charge on any atom is -0.478 e. The zero-order valence-electron chi connectivity index (χ0n) is 9.74. The van der Waals surface area contributed by atoms with Crippen LogP contribution in [0.25, 0.3) is 21.8 Å². The molecule has 0 radical (unpaired) electrons. The Bertz CT molecular complexity index is 716. The van der Waals surface area contributed by atoms with Crippen LogP contribution >= 0.6 is 11.3 Å². The molecule has 0 spiro atoms. The highest BCUT2D eigenvalue weighted by atomic mass is 32.1.